The van der Waals surface area contributed by atoms with Crippen molar-refractivity contribution in [3.8, 4) is 0 Å². The Morgan fingerprint density at radius 1 is 1.20 bits per heavy atom. The van der Waals surface area contributed by atoms with E-state index in [9.17, 15) is 19.7 Å². The highest BCUT2D eigenvalue weighted by atomic mass is 32.1. The van der Waals surface area contributed by atoms with Crippen molar-refractivity contribution in [2.75, 3.05) is 46.4 Å². The Hall–Kier alpha value is -2.86. The summed E-state index contributed by atoms with van der Waals surface area (Å²) < 4.78 is 5.10. The summed E-state index contributed by atoms with van der Waals surface area (Å²) in [6.07, 6.45) is 0.538. The number of nitro benzene ring substituents is 1. The van der Waals surface area contributed by atoms with E-state index in [0.29, 0.717) is 39.1 Å². The molecular formula is C24H31N5O5S. The molecule has 4 rings (SSSR count). The number of thiophene rings is 1. The van der Waals surface area contributed by atoms with E-state index >= 15 is 0 Å². The van der Waals surface area contributed by atoms with Crippen LogP contribution in [-0.2, 0) is 27.4 Å². The summed E-state index contributed by atoms with van der Waals surface area (Å²) in [7, 11) is 1.48. The van der Waals surface area contributed by atoms with Gasteiger partial charge in [-0.05, 0) is 23.4 Å². The number of nitro groups is 1. The Balaban J connectivity index is 1.56. The van der Waals surface area contributed by atoms with Crippen molar-refractivity contribution in [3.63, 3.8) is 0 Å². The molecule has 2 atom stereocenters. The molecule has 10 nitrogen and oxygen atoms in total. The molecule has 2 aliphatic rings. The Kier molecular flexibility index (Phi) is 8.45. The summed E-state index contributed by atoms with van der Waals surface area (Å²) in [6, 6.07) is 10.1. The number of rotatable bonds is 9. The monoisotopic (exact) mass is 501 g/mol. The van der Waals surface area contributed by atoms with Gasteiger partial charge in [0.05, 0.1) is 4.92 Å². The maximum atomic E-state index is 13.4. The lowest BCUT2D eigenvalue weighted by atomic mass is 10.1. The van der Waals surface area contributed by atoms with Crippen LogP contribution in [0, 0.1) is 10.1 Å². The fraction of sp³-hybridized carbons (Fsp3) is 0.500. The summed E-state index contributed by atoms with van der Waals surface area (Å²) in [4.78, 5) is 44.0. The molecule has 0 spiro atoms. The highest BCUT2D eigenvalue weighted by Crippen LogP contribution is 2.28. The number of amides is 2. The summed E-state index contributed by atoms with van der Waals surface area (Å²) >= 11 is 1.66. The van der Waals surface area contributed by atoms with Gasteiger partial charge in [0.1, 0.15) is 12.6 Å². The summed E-state index contributed by atoms with van der Waals surface area (Å²) in [5.41, 5.74) is 0.997. The summed E-state index contributed by atoms with van der Waals surface area (Å²) in [5, 5.41) is 16.3. The second-order valence-corrected chi connectivity index (χ2v) is 9.90. The molecule has 35 heavy (non-hydrogen) atoms. The maximum Gasteiger partial charge on any atom is 0.269 e. The van der Waals surface area contributed by atoms with Crippen molar-refractivity contribution in [2.45, 2.75) is 31.6 Å². The average molecular weight is 502 g/mol. The van der Waals surface area contributed by atoms with Crippen LogP contribution in [0.1, 0.15) is 16.9 Å². The lowest BCUT2D eigenvalue weighted by Crippen LogP contribution is -2.53. The first-order valence-electron chi connectivity index (χ1n) is 11.7. The van der Waals surface area contributed by atoms with Crippen molar-refractivity contribution in [2.24, 2.45) is 0 Å². The number of ether oxygens (including phenoxy) is 1. The fourth-order valence-electron chi connectivity index (χ4n) is 4.76. The SMILES string of the molecule is COCC(=O)N1CC(N(Cc2ccc([N+](=O)[O-])cc2)Cc2cccs2)CC1C(=O)N1CCNCC1. The fourth-order valence-corrected chi connectivity index (χ4v) is 5.49. The van der Waals surface area contributed by atoms with Crippen molar-refractivity contribution in [1.82, 2.24) is 20.0 Å². The van der Waals surface area contributed by atoms with E-state index in [1.807, 2.05) is 16.3 Å². The van der Waals surface area contributed by atoms with Crippen molar-refractivity contribution < 1.29 is 19.2 Å². The van der Waals surface area contributed by atoms with E-state index < -0.39 is 11.0 Å². The molecule has 2 unspecified atom stereocenters. The third-order valence-corrected chi connectivity index (χ3v) is 7.43. The first-order chi connectivity index (χ1) is 17.0. The predicted octanol–water partition coefficient (Wildman–Crippen LogP) is 1.71. The van der Waals surface area contributed by atoms with Crippen LogP contribution in [0.4, 0.5) is 5.69 Å². The number of benzene rings is 1. The maximum absolute atomic E-state index is 13.4. The van der Waals surface area contributed by atoms with Crippen molar-refractivity contribution in [1.29, 1.82) is 0 Å². The van der Waals surface area contributed by atoms with E-state index in [4.69, 9.17) is 4.74 Å². The Bertz CT molecular complexity index is 1010. The predicted molar refractivity (Wildman–Crippen MR) is 132 cm³/mol. The highest BCUT2D eigenvalue weighted by molar-refractivity contribution is 7.09. The van der Waals surface area contributed by atoms with Crippen LogP contribution >= 0.6 is 11.3 Å². The van der Waals surface area contributed by atoms with Crippen molar-refractivity contribution >= 4 is 28.8 Å². The molecular weight excluding hydrogens is 470 g/mol. The van der Waals surface area contributed by atoms with Gasteiger partial charge < -0.3 is 19.9 Å². The standard InChI is InChI=1S/C24H31N5O5S/c1-34-17-23(30)28-15-20(13-22(28)24(31)26-10-8-25-9-11-26)27(16-21-3-2-12-35-21)14-18-4-6-19(7-5-18)29(32)33/h2-7,12,20,22,25H,8-11,13-17H2,1H3. The zero-order valence-corrected chi connectivity index (χ0v) is 20.6. The number of methoxy groups -OCH3 is 1. The molecule has 2 saturated heterocycles. The molecule has 0 bridgehead atoms. The molecule has 2 fully saturated rings. The van der Waals surface area contributed by atoms with Crippen LogP contribution < -0.4 is 5.32 Å². The quantitative estimate of drug-likeness (QED) is 0.412. The molecule has 2 amide bonds. The highest BCUT2D eigenvalue weighted by Gasteiger charge is 2.43. The van der Waals surface area contributed by atoms with Gasteiger partial charge in [0, 0.05) is 76.0 Å². The number of non-ortho nitro benzene ring substituents is 1. The van der Waals surface area contributed by atoms with Crippen LogP contribution in [-0.4, -0.2) is 90.0 Å². The van der Waals surface area contributed by atoms with E-state index in [-0.39, 0.29) is 30.2 Å². The minimum atomic E-state index is -0.525. The first-order valence-corrected chi connectivity index (χ1v) is 12.6. The van der Waals surface area contributed by atoms with Crippen molar-refractivity contribution in [3.05, 3.63) is 62.3 Å². The molecule has 0 aliphatic carbocycles. The van der Waals surface area contributed by atoms with E-state index in [1.165, 1.54) is 24.1 Å². The van der Waals surface area contributed by atoms with Gasteiger partial charge in [-0.1, -0.05) is 18.2 Å². The second-order valence-electron chi connectivity index (χ2n) is 8.87. The zero-order valence-electron chi connectivity index (χ0n) is 19.8. The van der Waals surface area contributed by atoms with Crippen LogP contribution in [0.25, 0.3) is 0 Å². The molecule has 2 aromatic rings. The van der Waals surface area contributed by atoms with Gasteiger partial charge in [0.25, 0.3) is 5.69 Å². The van der Waals surface area contributed by atoms with Crippen LogP contribution in [0.3, 0.4) is 0 Å². The van der Waals surface area contributed by atoms with Gasteiger partial charge in [-0.25, -0.2) is 0 Å². The number of carbonyl (C=O) groups is 2. The second kappa shape index (κ2) is 11.7. The lowest BCUT2D eigenvalue weighted by Gasteiger charge is -2.32. The minimum Gasteiger partial charge on any atom is -0.375 e. The number of hydrogen-bond acceptors (Lipinski definition) is 8. The number of piperazine rings is 1. The molecule has 0 saturated carbocycles. The largest absolute Gasteiger partial charge is 0.375 e. The number of carbonyl (C=O) groups excluding carboxylic acids is 2. The van der Waals surface area contributed by atoms with E-state index in [1.54, 1.807) is 28.4 Å². The number of nitrogens with one attached hydrogen (secondary N) is 1. The third kappa shape index (κ3) is 6.23. The topological polar surface area (TPSA) is 108 Å². The lowest BCUT2D eigenvalue weighted by molar-refractivity contribution is -0.384. The van der Waals surface area contributed by atoms with Crippen LogP contribution in [0.5, 0.6) is 0 Å². The van der Waals surface area contributed by atoms with Gasteiger partial charge in [-0.3, -0.25) is 24.6 Å². The molecule has 3 heterocycles. The zero-order chi connectivity index (χ0) is 24.8. The molecule has 11 heteroatoms. The van der Waals surface area contributed by atoms with Crippen LogP contribution in [0.15, 0.2) is 41.8 Å². The minimum absolute atomic E-state index is 0.00939. The summed E-state index contributed by atoms with van der Waals surface area (Å²) in [6.45, 7) is 4.36. The molecule has 2 aliphatic heterocycles. The van der Waals surface area contributed by atoms with Gasteiger partial charge in [0.2, 0.25) is 11.8 Å². The van der Waals surface area contributed by atoms with E-state index in [0.717, 1.165) is 18.7 Å². The number of nitrogens with zero attached hydrogens (tertiary/aromatic N) is 4. The summed E-state index contributed by atoms with van der Waals surface area (Å²) in [5.74, 6) is -0.195. The van der Waals surface area contributed by atoms with Gasteiger partial charge in [-0.15, -0.1) is 11.3 Å². The Morgan fingerprint density at radius 3 is 2.57 bits per heavy atom. The molecule has 0 radical (unpaired) electrons. The Labute approximate surface area is 208 Å². The molecule has 1 aromatic heterocycles. The van der Waals surface area contributed by atoms with Crippen LogP contribution in [0.2, 0.25) is 0 Å². The van der Waals surface area contributed by atoms with Gasteiger partial charge in [-0.2, -0.15) is 0 Å². The average Bonchev–Trinajstić information content (AvgIpc) is 3.54. The molecule has 1 aromatic carbocycles. The molecule has 188 valence electrons. The van der Waals surface area contributed by atoms with Gasteiger partial charge >= 0.3 is 0 Å². The van der Waals surface area contributed by atoms with Gasteiger partial charge in [0.15, 0.2) is 0 Å². The normalized spacial score (nSPS) is 20.4. The smallest absolute Gasteiger partial charge is 0.269 e. The third-order valence-electron chi connectivity index (χ3n) is 6.57. The number of hydrogen-bond donors (Lipinski definition) is 1. The Morgan fingerprint density at radius 2 is 1.94 bits per heavy atom. The molecule has 1 N–H and O–H groups in total. The number of likely N-dealkylation sites (tertiary alicyclic amines) is 1. The van der Waals surface area contributed by atoms with E-state index in [2.05, 4.69) is 16.3 Å². The first kappa shape index (κ1) is 25.2.